The summed E-state index contributed by atoms with van der Waals surface area (Å²) in [5.41, 5.74) is 13.7. The summed E-state index contributed by atoms with van der Waals surface area (Å²) >= 11 is 0. The third kappa shape index (κ3) is 8.81. The molecule has 0 aliphatic rings. The number of nitrogens with two attached hydrogens (primary N) is 2. The Labute approximate surface area is 208 Å². The number of nitrogen functional groups attached to an aromatic ring is 2. The van der Waals surface area contributed by atoms with Gasteiger partial charge in [-0.2, -0.15) is 0 Å². The summed E-state index contributed by atoms with van der Waals surface area (Å²) in [7, 11) is 0. The lowest BCUT2D eigenvalue weighted by atomic mass is 10.0. The minimum absolute atomic E-state index is 0.0326. The van der Waals surface area contributed by atoms with Crippen molar-refractivity contribution in [3.63, 3.8) is 0 Å². The van der Waals surface area contributed by atoms with Gasteiger partial charge in [0.2, 0.25) is 0 Å². The molecule has 0 atom stereocenters. The van der Waals surface area contributed by atoms with E-state index >= 15 is 0 Å². The summed E-state index contributed by atoms with van der Waals surface area (Å²) in [6.07, 6.45) is 0. The lowest BCUT2D eigenvalue weighted by Gasteiger charge is -2.21. The van der Waals surface area contributed by atoms with Crippen molar-refractivity contribution in [2.75, 3.05) is 11.5 Å². The summed E-state index contributed by atoms with van der Waals surface area (Å²) in [6, 6.07) is 19.4. The van der Waals surface area contributed by atoms with Crippen molar-refractivity contribution in [3.8, 4) is 11.5 Å². The number of benzene rings is 3. The second kappa shape index (κ2) is 11.1. The number of carbonyl (C=O) groups excluding carboxylic acids is 2. The highest BCUT2D eigenvalue weighted by Crippen LogP contribution is 2.26. The van der Waals surface area contributed by atoms with E-state index < -0.39 is 0 Å². The number of hydrogen-bond acceptors (Lipinski definition) is 6. The zero-order valence-corrected chi connectivity index (χ0v) is 21.6. The van der Waals surface area contributed by atoms with Gasteiger partial charge in [-0.1, -0.05) is 30.3 Å². The van der Waals surface area contributed by atoms with Gasteiger partial charge in [-0.3, -0.25) is 9.59 Å². The molecule has 3 aromatic carbocycles. The predicted octanol–water partition coefficient (Wildman–Crippen LogP) is 6.33. The van der Waals surface area contributed by atoms with E-state index in [4.69, 9.17) is 20.9 Å². The van der Waals surface area contributed by atoms with Gasteiger partial charge in [-0.05, 0) is 72.7 Å². The quantitative estimate of drug-likeness (QED) is 0.329. The molecule has 35 heavy (non-hydrogen) atoms. The van der Waals surface area contributed by atoms with E-state index in [1.165, 1.54) is 6.92 Å². The smallest absolute Gasteiger partial charge is 0.195 e. The van der Waals surface area contributed by atoms with Gasteiger partial charge in [0.1, 0.15) is 22.7 Å². The molecule has 0 radical (unpaired) electrons. The first-order valence-electron chi connectivity index (χ1n) is 11.4. The molecule has 0 aliphatic carbocycles. The van der Waals surface area contributed by atoms with Crippen LogP contribution in [0.2, 0.25) is 0 Å². The van der Waals surface area contributed by atoms with Crippen LogP contribution in [0.3, 0.4) is 0 Å². The lowest BCUT2D eigenvalue weighted by molar-refractivity contribution is 0.101. The molecule has 0 aromatic heterocycles. The Morgan fingerprint density at radius 3 is 1.46 bits per heavy atom. The van der Waals surface area contributed by atoms with Gasteiger partial charge < -0.3 is 20.9 Å². The van der Waals surface area contributed by atoms with Gasteiger partial charge in [0.15, 0.2) is 11.6 Å². The average molecular weight is 477 g/mol. The van der Waals surface area contributed by atoms with Crippen LogP contribution in [0.4, 0.5) is 11.4 Å². The van der Waals surface area contributed by atoms with Gasteiger partial charge in [-0.25, -0.2) is 0 Å². The summed E-state index contributed by atoms with van der Waals surface area (Å²) < 4.78 is 11.4. The Bertz CT molecular complexity index is 1170. The van der Waals surface area contributed by atoms with Gasteiger partial charge in [0.05, 0.1) is 0 Å². The highest BCUT2D eigenvalue weighted by Gasteiger charge is 2.16. The molecule has 0 saturated heterocycles. The molecular weight excluding hydrogens is 440 g/mol. The van der Waals surface area contributed by atoms with Crippen LogP contribution in [0, 0.1) is 0 Å². The van der Waals surface area contributed by atoms with Crippen molar-refractivity contribution in [1.82, 2.24) is 0 Å². The molecule has 0 fully saturated rings. The van der Waals surface area contributed by atoms with Crippen LogP contribution in [-0.2, 0) is 0 Å². The normalized spacial score (nSPS) is 11.2. The van der Waals surface area contributed by atoms with Crippen LogP contribution >= 0.6 is 0 Å². The maximum Gasteiger partial charge on any atom is 0.195 e. The molecule has 0 heterocycles. The Kier molecular flexibility index (Phi) is 8.69. The molecule has 186 valence electrons. The van der Waals surface area contributed by atoms with E-state index in [1.54, 1.807) is 48.5 Å². The number of rotatable bonds is 5. The average Bonchev–Trinajstić information content (AvgIpc) is 2.72. The molecule has 6 nitrogen and oxygen atoms in total. The number of anilines is 2. The molecule has 0 unspecified atom stereocenters. The van der Waals surface area contributed by atoms with E-state index in [1.807, 2.05) is 59.7 Å². The number of Topliss-reactive ketones (excluding diaryl/α,β-unsaturated/α-hetero) is 1. The fraction of sp³-hybridized carbons (Fsp3) is 0.310. The Balaban J connectivity index is 0.000000258. The van der Waals surface area contributed by atoms with E-state index in [-0.39, 0.29) is 22.8 Å². The van der Waals surface area contributed by atoms with E-state index in [0.29, 0.717) is 39.6 Å². The molecular formula is C29H36N2O4. The van der Waals surface area contributed by atoms with E-state index in [2.05, 4.69) is 0 Å². The lowest BCUT2D eigenvalue weighted by Crippen LogP contribution is -2.23. The molecule has 0 bridgehead atoms. The molecule has 0 amide bonds. The van der Waals surface area contributed by atoms with Gasteiger partial charge in [-0.15, -0.1) is 0 Å². The van der Waals surface area contributed by atoms with Gasteiger partial charge in [0.25, 0.3) is 0 Å². The van der Waals surface area contributed by atoms with Crippen LogP contribution in [-0.4, -0.2) is 22.8 Å². The molecule has 3 rings (SSSR count). The van der Waals surface area contributed by atoms with Crippen molar-refractivity contribution < 1.29 is 19.1 Å². The number of ether oxygens (including phenoxy) is 2. The minimum Gasteiger partial charge on any atom is -0.488 e. The van der Waals surface area contributed by atoms with Gasteiger partial charge in [0, 0.05) is 40.2 Å². The molecule has 0 saturated carbocycles. The fourth-order valence-electron chi connectivity index (χ4n) is 3.19. The van der Waals surface area contributed by atoms with E-state index in [9.17, 15) is 9.59 Å². The van der Waals surface area contributed by atoms with Crippen molar-refractivity contribution in [2.24, 2.45) is 0 Å². The summed E-state index contributed by atoms with van der Waals surface area (Å²) in [5, 5.41) is 0. The van der Waals surface area contributed by atoms with Crippen LogP contribution in [0.1, 0.15) is 74.7 Å². The monoisotopic (exact) mass is 476 g/mol. The first kappa shape index (κ1) is 27.4. The predicted molar refractivity (Wildman–Crippen MR) is 142 cm³/mol. The Morgan fingerprint density at radius 2 is 1.09 bits per heavy atom. The second-order valence-electron chi connectivity index (χ2n) is 10.2. The van der Waals surface area contributed by atoms with Crippen molar-refractivity contribution in [2.45, 2.75) is 59.7 Å². The minimum atomic E-state index is -0.294. The van der Waals surface area contributed by atoms with Crippen molar-refractivity contribution >= 4 is 22.9 Å². The summed E-state index contributed by atoms with van der Waals surface area (Å²) in [4.78, 5) is 23.5. The highest BCUT2D eigenvalue weighted by molar-refractivity contribution is 6.12. The van der Waals surface area contributed by atoms with Crippen LogP contribution < -0.4 is 20.9 Å². The maximum absolute atomic E-state index is 12.3. The largest absolute Gasteiger partial charge is 0.488 e. The standard InChI is InChI=1S/C17H19NO2.C12H17NO2/c1-17(2,3)20-13-9-10-14(15(18)11-13)16(19)12-7-5-4-6-8-12;1-8(14)10-6-5-9(7-11(10)13)15-12(2,3)4/h4-11H,18H2,1-3H3;5-7H,13H2,1-4H3. The second-order valence-corrected chi connectivity index (χ2v) is 10.2. The molecule has 6 heteroatoms. The molecule has 0 spiro atoms. The highest BCUT2D eigenvalue weighted by atomic mass is 16.5. The number of ketones is 2. The zero-order valence-electron chi connectivity index (χ0n) is 21.6. The Morgan fingerprint density at radius 1 is 0.657 bits per heavy atom. The number of carbonyl (C=O) groups is 2. The Hall–Kier alpha value is -3.80. The van der Waals surface area contributed by atoms with Gasteiger partial charge >= 0.3 is 0 Å². The summed E-state index contributed by atoms with van der Waals surface area (Å²) in [6.45, 7) is 13.3. The molecule has 4 N–H and O–H groups in total. The third-order valence-corrected chi connectivity index (χ3v) is 4.55. The molecule has 3 aromatic rings. The third-order valence-electron chi connectivity index (χ3n) is 4.55. The van der Waals surface area contributed by atoms with Crippen LogP contribution in [0.15, 0.2) is 66.7 Å². The first-order valence-corrected chi connectivity index (χ1v) is 11.4. The topological polar surface area (TPSA) is 105 Å². The summed E-state index contributed by atoms with van der Waals surface area (Å²) in [5.74, 6) is 1.24. The van der Waals surface area contributed by atoms with Crippen molar-refractivity contribution in [1.29, 1.82) is 0 Å². The van der Waals surface area contributed by atoms with Crippen LogP contribution in [0.5, 0.6) is 11.5 Å². The van der Waals surface area contributed by atoms with E-state index in [0.717, 1.165) is 0 Å². The first-order chi connectivity index (χ1) is 16.2. The molecule has 0 aliphatic heterocycles. The number of hydrogen-bond donors (Lipinski definition) is 2. The van der Waals surface area contributed by atoms with Crippen LogP contribution in [0.25, 0.3) is 0 Å². The fourth-order valence-corrected chi connectivity index (χ4v) is 3.19. The SMILES string of the molecule is CC(=O)c1ccc(OC(C)(C)C)cc1N.CC(C)(C)Oc1ccc(C(=O)c2ccccc2)c(N)c1. The van der Waals surface area contributed by atoms with Crippen molar-refractivity contribution in [3.05, 3.63) is 83.4 Å². The zero-order chi connectivity index (χ0) is 26.4. The maximum atomic E-state index is 12.3.